The molecule has 108 valence electrons. The van der Waals surface area contributed by atoms with E-state index in [2.05, 4.69) is 21.1 Å². The summed E-state index contributed by atoms with van der Waals surface area (Å²) in [5.74, 6) is 0.451. The van der Waals surface area contributed by atoms with E-state index >= 15 is 0 Å². The van der Waals surface area contributed by atoms with Gasteiger partial charge in [0.2, 0.25) is 5.91 Å². The average molecular weight is 313 g/mol. The van der Waals surface area contributed by atoms with Crippen LogP contribution in [-0.4, -0.2) is 35.5 Å². The largest absolute Gasteiger partial charge is 0.465 e. The number of thiazole rings is 1. The minimum Gasteiger partial charge on any atom is -0.465 e. The molecule has 0 unspecified atom stereocenters. The zero-order chi connectivity index (χ0) is 15.0. The lowest BCUT2D eigenvalue weighted by molar-refractivity contribution is -0.113. The molecule has 1 amide bonds. The Morgan fingerprint density at radius 1 is 1.55 bits per heavy atom. The lowest BCUT2D eigenvalue weighted by Gasteiger charge is -2.00. The molecule has 0 spiro atoms. The summed E-state index contributed by atoms with van der Waals surface area (Å²) in [4.78, 5) is 27.6. The number of nitrogens with one attached hydrogen (secondary N) is 1. The fourth-order valence-corrected chi connectivity index (χ4v) is 2.96. The minimum absolute atomic E-state index is 0.169. The van der Waals surface area contributed by atoms with Crippen molar-refractivity contribution in [2.45, 2.75) is 19.8 Å². The van der Waals surface area contributed by atoms with Gasteiger partial charge in [-0.3, -0.25) is 4.79 Å². The number of hydrogen-bond acceptors (Lipinski definition) is 7. The summed E-state index contributed by atoms with van der Waals surface area (Å²) in [6.07, 6.45) is 1.28. The lowest BCUT2D eigenvalue weighted by Crippen LogP contribution is -2.14. The number of carbonyl (C=O) groups is 2. The Morgan fingerprint density at radius 3 is 2.95 bits per heavy atom. The van der Waals surface area contributed by atoms with Crippen molar-refractivity contribution < 1.29 is 14.3 Å². The highest BCUT2D eigenvalue weighted by Crippen LogP contribution is 2.23. The Morgan fingerprint density at radius 2 is 2.30 bits per heavy atom. The third-order valence-electron chi connectivity index (χ3n) is 2.22. The summed E-state index contributed by atoms with van der Waals surface area (Å²) < 4.78 is 4.63. The van der Waals surface area contributed by atoms with Crippen LogP contribution >= 0.6 is 23.1 Å². The molecule has 0 saturated heterocycles. The second-order valence-corrected chi connectivity index (χ2v) is 5.89. The Labute approximate surface area is 125 Å². The Bertz CT molecular complexity index is 523. The molecular formula is C12H15N3O3S2. The number of nitrogens with zero attached hydrogens (tertiary/aromatic N) is 2. The number of unbranched alkanes of at least 4 members (excludes halogenated alkanes) is 1. The fourth-order valence-electron chi connectivity index (χ4n) is 1.31. The molecule has 1 aromatic rings. The van der Waals surface area contributed by atoms with E-state index in [1.807, 2.05) is 0 Å². The average Bonchev–Trinajstić information content (AvgIpc) is 2.78. The lowest BCUT2D eigenvalue weighted by atomic mass is 10.4. The summed E-state index contributed by atoms with van der Waals surface area (Å²) in [5.41, 5.74) is 0.541. The minimum atomic E-state index is -0.452. The first-order valence-electron chi connectivity index (χ1n) is 5.88. The van der Waals surface area contributed by atoms with Crippen molar-refractivity contribution in [3.05, 3.63) is 10.6 Å². The Balaban J connectivity index is 2.43. The van der Waals surface area contributed by atoms with Gasteiger partial charge in [-0.1, -0.05) is 11.3 Å². The van der Waals surface area contributed by atoms with Gasteiger partial charge in [0, 0.05) is 6.42 Å². The maximum absolute atomic E-state index is 11.7. The van der Waals surface area contributed by atoms with Crippen LogP contribution in [0.15, 0.2) is 0 Å². The number of esters is 1. The van der Waals surface area contributed by atoms with E-state index in [1.54, 1.807) is 6.92 Å². The van der Waals surface area contributed by atoms with Gasteiger partial charge < -0.3 is 10.1 Å². The van der Waals surface area contributed by atoms with Crippen molar-refractivity contribution >= 4 is 40.1 Å². The number of amides is 1. The standard InChI is InChI=1S/C12H15N3O3S2/c1-8-10(11(17)18-2)20-12(14-8)15-9(16)7-19-6-4-3-5-13/h3-4,6-7H2,1-2H3,(H,14,15,16). The third-order valence-corrected chi connectivity index (χ3v) is 4.32. The van der Waals surface area contributed by atoms with Gasteiger partial charge in [0.25, 0.3) is 0 Å². The second kappa shape index (κ2) is 8.55. The summed E-state index contributed by atoms with van der Waals surface area (Å²) >= 11 is 2.56. The molecule has 1 rings (SSSR count). The van der Waals surface area contributed by atoms with Crippen LogP contribution in [-0.2, 0) is 9.53 Å². The number of rotatable bonds is 7. The molecule has 1 aromatic heterocycles. The van der Waals surface area contributed by atoms with E-state index in [0.717, 1.165) is 23.5 Å². The molecule has 0 fully saturated rings. The number of nitriles is 1. The number of aromatic nitrogens is 1. The summed E-state index contributed by atoms with van der Waals surface area (Å²) in [7, 11) is 1.30. The highest BCUT2D eigenvalue weighted by atomic mass is 32.2. The van der Waals surface area contributed by atoms with Gasteiger partial charge in [0.1, 0.15) is 4.88 Å². The monoisotopic (exact) mass is 313 g/mol. The third kappa shape index (κ3) is 5.19. The quantitative estimate of drug-likeness (QED) is 0.613. The van der Waals surface area contributed by atoms with E-state index in [4.69, 9.17) is 5.26 Å². The number of carbonyl (C=O) groups excluding carboxylic acids is 2. The number of thioether (sulfide) groups is 1. The second-order valence-electron chi connectivity index (χ2n) is 3.79. The fraction of sp³-hybridized carbons (Fsp3) is 0.500. The number of aryl methyl sites for hydroxylation is 1. The van der Waals surface area contributed by atoms with Crippen molar-refractivity contribution in [3.63, 3.8) is 0 Å². The van der Waals surface area contributed by atoms with Crippen molar-refractivity contribution in [2.24, 2.45) is 0 Å². The van der Waals surface area contributed by atoms with Gasteiger partial charge in [-0.15, -0.1) is 0 Å². The summed E-state index contributed by atoms with van der Waals surface area (Å²) in [6, 6.07) is 2.05. The number of methoxy groups -OCH3 is 1. The highest BCUT2D eigenvalue weighted by molar-refractivity contribution is 7.99. The molecule has 20 heavy (non-hydrogen) atoms. The molecule has 6 nitrogen and oxygen atoms in total. The van der Waals surface area contributed by atoms with Crippen LogP contribution in [0, 0.1) is 18.3 Å². The van der Waals surface area contributed by atoms with Gasteiger partial charge in [-0.2, -0.15) is 17.0 Å². The molecular weight excluding hydrogens is 298 g/mol. The summed E-state index contributed by atoms with van der Waals surface area (Å²) in [5, 5.41) is 11.4. The Hall–Kier alpha value is -1.59. The molecule has 0 aliphatic carbocycles. The summed E-state index contributed by atoms with van der Waals surface area (Å²) in [6.45, 7) is 1.69. The molecule has 0 saturated carbocycles. The van der Waals surface area contributed by atoms with Crippen LogP contribution in [0.2, 0.25) is 0 Å². The highest BCUT2D eigenvalue weighted by Gasteiger charge is 2.16. The van der Waals surface area contributed by atoms with Gasteiger partial charge >= 0.3 is 5.97 Å². The van der Waals surface area contributed by atoms with Crippen molar-refractivity contribution in [2.75, 3.05) is 23.9 Å². The molecule has 0 aliphatic rings. The SMILES string of the molecule is COC(=O)c1sc(NC(=O)CSCCCC#N)nc1C. The van der Waals surface area contributed by atoms with E-state index in [0.29, 0.717) is 27.9 Å². The maximum Gasteiger partial charge on any atom is 0.350 e. The molecule has 1 N–H and O–H groups in total. The molecule has 1 heterocycles. The maximum atomic E-state index is 11.7. The van der Waals surface area contributed by atoms with Crippen molar-refractivity contribution in [1.29, 1.82) is 5.26 Å². The molecule has 0 aliphatic heterocycles. The number of ether oxygens (including phenoxy) is 1. The smallest absolute Gasteiger partial charge is 0.350 e. The molecule has 0 aromatic carbocycles. The first-order valence-corrected chi connectivity index (χ1v) is 7.86. The topological polar surface area (TPSA) is 92.1 Å². The zero-order valence-electron chi connectivity index (χ0n) is 11.3. The van der Waals surface area contributed by atoms with Crippen LogP contribution in [0.1, 0.15) is 28.2 Å². The predicted octanol–water partition coefficient (Wildman–Crippen LogP) is 2.21. The van der Waals surface area contributed by atoms with Crippen molar-refractivity contribution in [3.8, 4) is 6.07 Å². The van der Waals surface area contributed by atoms with Gasteiger partial charge in [0.05, 0.1) is 24.6 Å². The zero-order valence-corrected chi connectivity index (χ0v) is 12.9. The van der Waals surface area contributed by atoms with Crippen LogP contribution in [0.3, 0.4) is 0 Å². The number of hydrogen-bond donors (Lipinski definition) is 1. The molecule has 0 radical (unpaired) electrons. The molecule has 0 bridgehead atoms. The first-order chi connectivity index (χ1) is 9.58. The van der Waals surface area contributed by atoms with E-state index in [-0.39, 0.29) is 5.91 Å². The van der Waals surface area contributed by atoms with Gasteiger partial charge in [-0.05, 0) is 19.1 Å². The number of anilines is 1. The predicted molar refractivity (Wildman–Crippen MR) is 79.0 cm³/mol. The molecule has 8 heteroatoms. The van der Waals surface area contributed by atoms with Crippen LogP contribution in [0.5, 0.6) is 0 Å². The molecule has 0 atom stereocenters. The van der Waals surface area contributed by atoms with E-state index in [1.165, 1.54) is 18.9 Å². The van der Waals surface area contributed by atoms with Gasteiger partial charge in [0.15, 0.2) is 5.13 Å². The van der Waals surface area contributed by atoms with Gasteiger partial charge in [-0.25, -0.2) is 9.78 Å². The van der Waals surface area contributed by atoms with Crippen LogP contribution in [0.25, 0.3) is 0 Å². The normalized spacial score (nSPS) is 9.85. The van der Waals surface area contributed by atoms with Crippen LogP contribution < -0.4 is 5.32 Å². The van der Waals surface area contributed by atoms with E-state index in [9.17, 15) is 9.59 Å². The van der Waals surface area contributed by atoms with E-state index < -0.39 is 5.97 Å². The first kappa shape index (κ1) is 16.5. The Kier molecular flexibility index (Phi) is 7.04. The van der Waals surface area contributed by atoms with Crippen molar-refractivity contribution in [1.82, 2.24) is 4.98 Å². The van der Waals surface area contributed by atoms with Crippen LogP contribution in [0.4, 0.5) is 5.13 Å².